The zero-order chi connectivity index (χ0) is 44.8. The Morgan fingerprint density at radius 1 is 0.694 bits per heavy atom. The summed E-state index contributed by atoms with van der Waals surface area (Å²) in [6.07, 6.45) is 0.654. The maximum Gasteiger partial charge on any atom is 0.335 e. The molecule has 0 aliphatic carbocycles. The van der Waals surface area contributed by atoms with Crippen molar-refractivity contribution < 1.29 is 48.5 Å². The number of primary amides is 1. The molecule has 0 spiro atoms. The Labute approximate surface area is 354 Å². The van der Waals surface area contributed by atoms with Gasteiger partial charge in [0.15, 0.2) is 11.5 Å². The number of carboxylic acid groups (broad SMARTS) is 1. The highest BCUT2D eigenvalue weighted by atomic mass is 16.5. The van der Waals surface area contributed by atoms with Crippen LogP contribution in [0.2, 0.25) is 0 Å². The Morgan fingerprint density at radius 2 is 1.26 bits per heavy atom. The summed E-state index contributed by atoms with van der Waals surface area (Å²) in [5.74, 6) is -5.75. The summed E-state index contributed by atoms with van der Waals surface area (Å²) in [6.45, 7) is 1.96. The number of nitrogens with two attached hydrogens (primary N) is 1. The molecule has 6 amide bonds. The second-order valence-corrected chi connectivity index (χ2v) is 13.7. The Morgan fingerprint density at radius 3 is 1.82 bits per heavy atom. The molecule has 5 rings (SSSR count). The van der Waals surface area contributed by atoms with E-state index in [0.717, 1.165) is 5.56 Å². The van der Waals surface area contributed by atoms with Gasteiger partial charge in [0.2, 0.25) is 17.7 Å². The fraction of sp³-hybridized carbons (Fsp3) is 0.156. The number of nitrogens with zero attached hydrogens (tertiary/aromatic N) is 1. The van der Waals surface area contributed by atoms with Gasteiger partial charge in [0.1, 0.15) is 6.04 Å². The molecule has 0 unspecified atom stereocenters. The van der Waals surface area contributed by atoms with Gasteiger partial charge in [0.25, 0.3) is 17.7 Å². The van der Waals surface area contributed by atoms with Crippen molar-refractivity contribution in [3.8, 4) is 17.6 Å². The SMILES string of the molecule is CCCOc1c(NC(=O)c2ccc(NC(=O)[C@H](CC(N)=O)NC(=O)c3ccc(NC(=O)CCc4ccc(C#N)cc4)cc3)cc2)ccc(C(=O)Nc2ccc(C(=O)O)cc2)c1O. The van der Waals surface area contributed by atoms with Crippen LogP contribution in [0.5, 0.6) is 11.5 Å². The first kappa shape index (κ1) is 44.6. The number of carbonyl (C=O) groups is 7. The molecule has 316 valence electrons. The van der Waals surface area contributed by atoms with Crippen LogP contribution in [0.1, 0.15) is 78.7 Å². The number of amides is 6. The molecule has 5 aromatic rings. The first-order valence-electron chi connectivity index (χ1n) is 19.1. The lowest BCUT2D eigenvalue weighted by atomic mass is 10.1. The van der Waals surface area contributed by atoms with Gasteiger partial charge in [-0.1, -0.05) is 19.1 Å². The Bertz CT molecular complexity index is 2520. The number of aryl methyl sites for hydroxylation is 1. The fourth-order valence-corrected chi connectivity index (χ4v) is 5.81. The van der Waals surface area contributed by atoms with Gasteiger partial charge >= 0.3 is 5.97 Å². The average molecular weight is 840 g/mol. The van der Waals surface area contributed by atoms with Crippen LogP contribution in [0.3, 0.4) is 0 Å². The summed E-state index contributed by atoms with van der Waals surface area (Å²) in [4.78, 5) is 88.2. The standard InChI is InChI=1S/C45H41N7O10/c1-2-23-62-40-35(21-20-34(39(40)55)43(58)49-32-18-12-30(13-19-32)45(60)61)51-41(56)28-10-16-33(17-11-28)50-44(59)36(24-37(47)53)52-42(57)29-8-14-31(15-9-29)48-38(54)22-7-26-3-5-27(25-46)6-4-26/h3-6,8-21,36,55H,2,7,22-24H2,1H3,(H2,47,53)(H,48,54)(H,49,58)(H,50,59)(H,51,56)(H,52,57)(H,60,61)/t36-/m0/s1. The van der Waals surface area contributed by atoms with E-state index in [1.165, 1.54) is 84.9 Å². The zero-order valence-electron chi connectivity index (χ0n) is 33.2. The predicted molar refractivity (Wildman–Crippen MR) is 228 cm³/mol. The number of nitrogens with one attached hydrogen (secondary N) is 5. The number of hydrogen-bond donors (Lipinski definition) is 8. The molecule has 0 aromatic heterocycles. The first-order valence-corrected chi connectivity index (χ1v) is 19.1. The van der Waals surface area contributed by atoms with Gasteiger partial charge in [-0.25, -0.2) is 4.79 Å². The number of hydrogen-bond acceptors (Lipinski definition) is 10. The van der Waals surface area contributed by atoms with E-state index in [2.05, 4.69) is 26.6 Å². The normalized spacial score (nSPS) is 10.9. The highest BCUT2D eigenvalue weighted by Crippen LogP contribution is 2.38. The fourth-order valence-electron chi connectivity index (χ4n) is 5.81. The molecule has 0 radical (unpaired) electrons. The molecule has 0 saturated carbocycles. The minimum absolute atomic E-state index is 0.0234. The second kappa shape index (κ2) is 20.9. The molecule has 0 fully saturated rings. The molecule has 0 saturated heterocycles. The summed E-state index contributed by atoms with van der Waals surface area (Å²) in [7, 11) is 0. The number of benzene rings is 5. The van der Waals surface area contributed by atoms with Gasteiger partial charge in [0.05, 0.1) is 41.5 Å². The van der Waals surface area contributed by atoms with Crippen LogP contribution in [0, 0.1) is 11.3 Å². The number of aromatic hydroxyl groups is 1. The molecule has 17 nitrogen and oxygen atoms in total. The topological polar surface area (TPSA) is 279 Å². The van der Waals surface area contributed by atoms with Crippen molar-refractivity contribution in [2.75, 3.05) is 27.9 Å². The number of rotatable bonds is 18. The number of nitriles is 1. The molecule has 1 atom stereocenters. The second-order valence-electron chi connectivity index (χ2n) is 13.7. The number of aromatic carboxylic acids is 1. The number of carbonyl (C=O) groups excluding carboxylic acids is 6. The molecule has 62 heavy (non-hydrogen) atoms. The maximum absolute atomic E-state index is 13.3. The van der Waals surface area contributed by atoms with Crippen LogP contribution in [-0.2, 0) is 20.8 Å². The lowest BCUT2D eigenvalue weighted by Crippen LogP contribution is -2.46. The van der Waals surface area contributed by atoms with E-state index in [1.54, 1.807) is 24.3 Å². The Kier molecular flexibility index (Phi) is 15.1. The largest absolute Gasteiger partial charge is 0.504 e. The lowest BCUT2D eigenvalue weighted by Gasteiger charge is -2.18. The molecule has 9 N–H and O–H groups in total. The van der Waals surface area contributed by atoms with Gasteiger partial charge in [-0.05, 0) is 115 Å². The summed E-state index contributed by atoms with van der Waals surface area (Å²) in [6, 6.07) is 27.2. The van der Waals surface area contributed by atoms with Gasteiger partial charge in [-0.2, -0.15) is 5.26 Å². The number of ether oxygens (including phenoxy) is 1. The van der Waals surface area contributed by atoms with Gasteiger partial charge in [-0.15, -0.1) is 0 Å². The summed E-state index contributed by atoms with van der Waals surface area (Å²) < 4.78 is 5.71. The molecule has 0 aliphatic heterocycles. The molecule has 17 heteroatoms. The Hall–Kier alpha value is -8.52. The van der Waals surface area contributed by atoms with Crippen molar-refractivity contribution in [3.63, 3.8) is 0 Å². The van der Waals surface area contributed by atoms with E-state index in [0.29, 0.717) is 24.1 Å². The summed E-state index contributed by atoms with van der Waals surface area (Å²) in [5.41, 5.74) is 7.90. The van der Waals surface area contributed by atoms with Crippen molar-refractivity contribution in [1.82, 2.24) is 5.32 Å². The van der Waals surface area contributed by atoms with Crippen molar-refractivity contribution in [2.24, 2.45) is 5.73 Å². The third-order valence-electron chi connectivity index (χ3n) is 9.06. The smallest absolute Gasteiger partial charge is 0.335 e. The van der Waals surface area contributed by atoms with E-state index >= 15 is 0 Å². The van der Waals surface area contributed by atoms with Gasteiger partial charge < -0.3 is 47.3 Å². The van der Waals surface area contributed by atoms with Gasteiger partial charge in [-0.3, -0.25) is 28.8 Å². The molecule has 0 heterocycles. The highest BCUT2D eigenvalue weighted by molar-refractivity contribution is 6.10. The third kappa shape index (κ3) is 12.3. The number of phenols is 1. The van der Waals surface area contributed by atoms with Crippen molar-refractivity contribution in [3.05, 3.63) is 143 Å². The summed E-state index contributed by atoms with van der Waals surface area (Å²) in [5, 5.41) is 42.2. The van der Waals surface area contributed by atoms with Crippen LogP contribution < -0.4 is 37.1 Å². The molecule has 0 aliphatic rings. The Balaban J connectivity index is 1.18. The number of anilines is 4. The van der Waals surface area contributed by atoms with E-state index in [1.807, 2.05) is 13.0 Å². The van der Waals surface area contributed by atoms with Crippen LogP contribution in [0.4, 0.5) is 22.7 Å². The van der Waals surface area contributed by atoms with Crippen molar-refractivity contribution in [2.45, 2.75) is 38.6 Å². The molecule has 0 bridgehead atoms. The average Bonchev–Trinajstić information content (AvgIpc) is 3.26. The van der Waals surface area contributed by atoms with E-state index in [-0.39, 0.29) is 64.0 Å². The summed E-state index contributed by atoms with van der Waals surface area (Å²) >= 11 is 0. The van der Waals surface area contributed by atoms with E-state index < -0.39 is 53.7 Å². The number of carboxylic acids is 1. The molecule has 5 aromatic carbocycles. The van der Waals surface area contributed by atoms with Crippen molar-refractivity contribution in [1.29, 1.82) is 5.26 Å². The quantitative estimate of drug-likeness (QED) is 0.0550. The van der Waals surface area contributed by atoms with E-state index in [9.17, 15) is 38.7 Å². The highest BCUT2D eigenvalue weighted by Gasteiger charge is 2.25. The zero-order valence-corrected chi connectivity index (χ0v) is 33.2. The predicted octanol–water partition coefficient (Wildman–Crippen LogP) is 5.44. The monoisotopic (exact) mass is 839 g/mol. The third-order valence-corrected chi connectivity index (χ3v) is 9.06. The first-order chi connectivity index (χ1) is 29.7. The minimum Gasteiger partial charge on any atom is -0.504 e. The maximum atomic E-state index is 13.3. The molecular formula is C45H41N7O10. The lowest BCUT2D eigenvalue weighted by molar-refractivity contribution is -0.123. The van der Waals surface area contributed by atoms with Gasteiger partial charge in [0, 0.05) is 34.6 Å². The number of phenolic OH excluding ortho intramolecular Hbond substituents is 1. The van der Waals surface area contributed by atoms with Crippen LogP contribution in [-0.4, -0.2) is 64.3 Å². The minimum atomic E-state index is -1.37. The van der Waals surface area contributed by atoms with Crippen LogP contribution >= 0.6 is 0 Å². The van der Waals surface area contributed by atoms with E-state index in [4.69, 9.17) is 20.8 Å². The van der Waals surface area contributed by atoms with Crippen LogP contribution in [0.15, 0.2) is 109 Å². The molecular weight excluding hydrogens is 799 g/mol. The van der Waals surface area contributed by atoms with Crippen molar-refractivity contribution >= 4 is 64.2 Å². The van der Waals surface area contributed by atoms with Crippen LogP contribution in [0.25, 0.3) is 0 Å².